The number of carboxylic acid groups (broad SMARTS) is 1. The number of benzene rings is 2. The number of thiophene rings is 1. The Balaban J connectivity index is 1.68. The van der Waals surface area contributed by atoms with E-state index < -0.39 is 17.5 Å². The van der Waals surface area contributed by atoms with Crippen LogP contribution in [0.1, 0.15) is 26.6 Å². The largest absolute Gasteiger partial charge is 0.494 e. The van der Waals surface area contributed by atoms with Crippen molar-refractivity contribution >= 4 is 34.5 Å². The minimum absolute atomic E-state index is 0.0450. The van der Waals surface area contributed by atoms with Crippen molar-refractivity contribution in [2.24, 2.45) is 5.73 Å². The molecule has 0 aliphatic heterocycles. The van der Waals surface area contributed by atoms with Gasteiger partial charge in [0.2, 0.25) is 0 Å². The molecule has 0 saturated carbocycles. The zero-order valence-electron chi connectivity index (χ0n) is 19.1. The molecule has 2 aromatic heterocycles. The summed E-state index contributed by atoms with van der Waals surface area (Å²) in [5, 5.41) is 25.6. The molecule has 4 rings (SSSR count). The Bertz CT molecular complexity index is 1510. The van der Waals surface area contributed by atoms with Crippen LogP contribution in [-0.4, -0.2) is 45.9 Å². The van der Waals surface area contributed by atoms with Crippen LogP contribution in [0.3, 0.4) is 0 Å². The van der Waals surface area contributed by atoms with Crippen LogP contribution in [0.15, 0.2) is 46.6 Å². The first-order valence-corrected chi connectivity index (χ1v) is 11.3. The van der Waals surface area contributed by atoms with Gasteiger partial charge in [-0.25, -0.2) is 14.0 Å². The number of nitrogen functional groups attached to an aromatic ring is 1. The second kappa shape index (κ2) is 9.92. The number of carbonyl (C=O) groups is 1. The van der Waals surface area contributed by atoms with E-state index >= 15 is 4.39 Å². The summed E-state index contributed by atoms with van der Waals surface area (Å²) in [6, 6.07) is 9.56. The van der Waals surface area contributed by atoms with E-state index in [2.05, 4.69) is 15.4 Å². The molecule has 13 heteroatoms. The van der Waals surface area contributed by atoms with Gasteiger partial charge < -0.3 is 25.6 Å². The minimum Gasteiger partial charge on any atom is -0.494 e. The lowest BCUT2D eigenvalue weighted by molar-refractivity contribution is 0.0702. The van der Waals surface area contributed by atoms with Gasteiger partial charge in [0.25, 0.3) is 0 Å². The molecule has 0 unspecified atom stereocenters. The summed E-state index contributed by atoms with van der Waals surface area (Å²) in [6.07, 6.45) is -0.124. The fourth-order valence-electron chi connectivity index (χ4n) is 3.56. The lowest BCUT2D eigenvalue weighted by atomic mass is 10.1. The maximum atomic E-state index is 15.5. The highest BCUT2D eigenvalue weighted by Gasteiger charge is 2.23. The number of ether oxygens (including phenoxy) is 2. The number of H-pyrrole nitrogens is 1. The van der Waals surface area contributed by atoms with E-state index in [0.717, 1.165) is 16.0 Å². The highest BCUT2D eigenvalue weighted by molar-refractivity contribution is 7.12. The number of methoxy groups -OCH3 is 2. The average Bonchev–Trinajstić information content (AvgIpc) is 3.47. The Hall–Kier alpha value is -4.65. The number of nitrogens with zero attached hydrogens (tertiary/aromatic N) is 2. The Labute approximate surface area is 207 Å². The zero-order chi connectivity index (χ0) is 26.0. The molecule has 0 radical (unpaired) electrons. The van der Waals surface area contributed by atoms with E-state index in [-0.39, 0.29) is 51.4 Å². The number of halogens is 1. The van der Waals surface area contributed by atoms with E-state index in [1.807, 2.05) is 0 Å². The predicted molar refractivity (Wildman–Crippen MR) is 132 cm³/mol. The zero-order valence-corrected chi connectivity index (χ0v) is 19.9. The quantitative estimate of drug-likeness (QED) is 0.168. The summed E-state index contributed by atoms with van der Waals surface area (Å²) in [5.74, 6) is -1.69. The highest BCUT2D eigenvalue weighted by atomic mass is 32.1. The first-order valence-electron chi connectivity index (χ1n) is 10.4. The third-order valence-corrected chi connectivity index (χ3v) is 6.13. The van der Waals surface area contributed by atoms with Crippen LogP contribution in [-0.2, 0) is 6.42 Å². The van der Waals surface area contributed by atoms with E-state index in [1.54, 1.807) is 24.3 Å². The summed E-state index contributed by atoms with van der Waals surface area (Å²) in [6.45, 7) is 0. The van der Waals surface area contributed by atoms with Gasteiger partial charge in [-0.1, -0.05) is 0 Å². The van der Waals surface area contributed by atoms with Crippen molar-refractivity contribution in [2.75, 3.05) is 19.5 Å². The highest BCUT2D eigenvalue weighted by Crippen LogP contribution is 2.41. The summed E-state index contributed by atoms with van der Waals surface area (Å²) in [4.78, 5) is 26.3. The van der Waals surface area contributed by atoms with Crippen LogP contribution in [0.4, 0.5) is 15.8 Å². The number of carboxylic acids is 1. The molecule has 0 aliphatic rings. The van der Waals surface area contributed by atoms with Crippen molar-refractivity contribution in [1.82, 2.24) is 14.8 Å². The number of nitrogens with two attached hydrogens (primary N) is 1. The SMILES string of the molecule is COc1cc(Cc2nn(-c3ccsc3C(=O)O)c(=O)[nH]2)c(F)c(OC)c1Nc1ccc(C(=N)N)cc1. The van der Waals surface area contributed by atoms with Gasteiger partial charge in [-0.05, 0) is 41.8 Å². The fourth-order valence-corrected chi connectivity index (χ4v) is 4.27. The van der Waals surface area contributed by atoms with Crippen LogP contribution in [0.5, 0.6) is 11.5 Å². The maximum Gasteiger partial charge on any atom is 0.348 e. The summed E-state index contributed by atoms with van der Waals surface area (Å²) >= 11 is 0.961. The number of hydrogen-bond acceptors (Lipinski definition) is 8. The first-order chi connectivity index (χ1) is 17.2. The monoisotopic (exact) mass is 512 g/mol. The average molecular weight is 513 g/mol. The first kappa shape index (κ1) is 24.5. The minimum atomic E-state index is -1.18. The predicted octanol–water partition coefficient (Wildman–Crippen LogP) is 3.10. The molecule has 0 fully saturated rings. The van der Waals surface area contributed by atoms with Crippen LogP contribution >= 0.6 is 11.3 Å². The van der Waals surface area contributed by atoms with Crippen molar-refractivity contribution in [2.45, 2.75) is 6.42 Å². The molecular weight excluding hydrogens is 491 g/mol. The molecule has 0 saturated heterocycles. The number of aromatic nitrogens is 3. The molecule has 6 N–H and O–H groups in total. The Morgan fingerprint density at radius 3 is 2.61 bits per heavy atom. The van der Waals surface area contributed by atoms with Gasteiger partial charge >= 0.3 is 11.7 Å². The number of nitrogens with one attached hydrogen (secondary N) is 3. The van der Waals surface area contributed by atoms with Crippen LogP contribution in [0.25, 0.3) is 5.69 Å². The Morgan fingerprint density at radius 2 is 2.00 bits per heavy atom. The number of anilines is 2. The summed E-state index contributed by atoms with van der Waals surface area (Å²) in [7, 11) is 2.73. The normalized spacial score (nSPS) is 10.8. The van der Waals surface area contributed by atoms with Crippen molar-refractivity contribution in [3.05, 3.63) is 79.9 Å². The second-order valence-electron chi connectivity index (χ2n) is 7.48. The molecule has 0 atom stereocenters. The number of hydrogen-bond donors (Lipinski definition) is 5. The van der Waals surface area contributed by atoms with Crippen molar-refractivity contribution in [3.63, 3.8) is 0 Å². The van der Waals surface area contributed by atoms with E-state index in [9.17, 15) is 14.7 Å². The van der Waals surface area contributed by atoms with E-state index in [4.69, 9.17) is 20.6 Å². The molecule has 186 valence electrons. The van der Waals surface area contributed by atoms with Crippen LogP contribution in [0.2, 0.25) is 0 Å². The fraction of sp³-hybridized carbons (Fsp3) is 0.130. The molecule has 11 nitrogen and oxygen atoms in total. The van der Waals surface area contributed by atoms with E-state index in [0.29, 0.717) is 11.3 Å². The molecular formula is C23H21FN6O5S. The van der Waals surface area contributed by atoms with E-state index in [1.165, 1.54) is 31.7 Å². The second-order valence-corrected chi connectivity index (χ2v) is 8.40. The smallest absolute Gasteiger partial charge is 0.348 e. The molecule has 2 aromatic carbocycles. The lowest BCUT2D eigenvalue weighted by Gasteiger charge is -2.18. The Morgan fingerprint density at radius 1 is 1.28 bits per heavy atom. The van der Waals surface area contributed by atoms with Crippen molar-refractivity contribution in [1.29, 1.82) is 5.41 Å². The Kier molecular flexibility index (Phi) is 6.74. The van der Waals surface area contributed by atoms with Gasteiger partial charge in [0, 0.05) is 23.2 Å². The van der Waals surface area contributed by atoms with Gasteiger partial charge in [0.05, 0.1) is 19.9 Å². The van der Waals surface area contributed by atoms with Crippen LogP contribution < -0.4 is 26.2 Å². The molecule has 0 aliphatic carbocycles. The third-order valence-electron chi connectivity index (χ3n) is 5.24. The molecule has 4 aromatic rings. The molecule has 0 bridgehead atoms. The molecule has 36 heavy (non-hydrogen) atoms. The topological polar surface area (TPSA) is 168 Å². The summed E-state index contributed by atoms with van der Waals surface area (Å²) < 4.78 is 27.2. The maximum absolute atomic E-state index is 15.5. The molecule has 2 heterocycles. The van der Waals surface area contributed by atoms with Crippen LogP contribution in [0, 0.1) is 11.2 Å². The standard InChI is InChI=1S/C23H21FN6O5S/c1-34-15-9-12(10-16-28-23(33)30(29-16)14-7-8-36-20(14)22(31)32)17(24)19(35-2)18(15)27-13-5-3-11(4-6-13)21(25)26/h3-9,27H,10H2,1-2H3,(H3,25,26)(H,31,32)(H,28,29,33). The number of amidine groups is 1. The number of aromatic amines is 1. The molecule has 0 spiro atoms. The van der Waals surface area contributed by atoms with Gasteiger partial charge in [-0.3, -0.25) is 10.4 Å². The van der Waals surface area contributed by atoms with Gasteiger partial charge in [-0.15, -0.1) is 16.4 Å². The lowest BCUT2D eigenvalue weighted by Crippen LogP contribution is -2.17. The van der Waals surface area contributed by atoms with Crippen molar-refractivity contribution < 1.29 is 23.8 Å². The van der Waals surface area contributed by atoms with Gasteiger partial charge in [-0.2, -0.15) is 4.68 Å². The third kappa shape index (κ3) is 4.63. The van der Waals surface area contributed by atoms with Crippen molar-refractivity contribution in [3.8, 4) is 17.2 Å². The number of rotatable bonds is 9. The number of aromatic carboxylic acids is 1. The van der Waals surface area contributed by atoms with Gasteiger partial charge in [0.15, 0.2) is 11.6 Å². The van der Waals surface area contributed by atoms with Gasteiger partial charge in [0.1, 0.15) is 28.0 Å². The summed E-state index contributed by atoms with van der Waals surface area (Å²) in [5.41, 5.74) is 6.43. The molecule has 0 amide bonds.